The summed E-state index contributed by atoms with van der Waals surface area (Å²) in [4.78, 5) is 25.0. The zero-order chi connectivity index (χ0) is 11.4. The lowest BCUT2D eigenvalue weighted by molar-refractivity contribution is -0.145. The first kappa shape index (κ1) is 12.4. The molecule has 0 saturated carbocycles. The molecule has 1 saturated heterocycles. The molecule has 1 aliphatic heterocycles. The maximum Gasteiger partial charge on any atom is 0.245 e. The van der Waals surface area contributed by atoms with E-state index in [1.165, 1.54) is 0 Å². The van der Waals surface area contributed by atoms with Crippen LogP contribution in [0.15, 0.2) is 0 Å². The molecule has 0 bridgehead atoms. The first-order valence-corrected chi connectivity index (χ1v) is 6.58. The molecule has 2 atom stereocenters. The van der Waals surface area contributed by atoms with Crippen LogP contribution in [0.3, 0.4) is 0 Å². The van der Waals surface area contributed by atoms with Crippen LogP contribution in [0, 0.1) is 0 Å². The molecule has 2 unspecified atom stereocenters. The molecule has 0 aromatic rings. The van der Waals surface area contributed by atoms with E-state index in [9.17, 15) is 9.59 Å². The summed E-state index contributed by atoms with van der Waals surface area (Å²) in [6.45, 7) is 4.10. The summed E-state index contributed by atoms with van der Waals surface area (Å²) in [6, 6.07) is -0.192. The molecule has 0 radical (unpaired) electrons. The molecular weight excluding hydrogens is 212 g/mol. The number of piperazine rings is 1. The summed E-state index contributed by atoms with van der Waals surface area (Å²) >= 11 is 1.69. The topological polar surface area (TPSA) is 49.4 Å². The van der Waals surface area contributed by atoms with Crippen LogP contribution in [-0.2, 0) is 9.59 Å². The molecular formula is C10H18N2O2S. The minimum Gasteiger partial charge on any atom is -0.343 e. The van der Waals surface area contributed by atoms with Crippen LogP contribution >= 0.6 is 11.8 Å². The zero-order valence-corrected chi connectivity index (χ0v) is 10.3. The molecule has 1 heterocycles. The summed E-state index contributed by atoms with van der Waals surface area (Å²) in [5.41, 5.74) is 0. The molecule has 15 heavy (non-hydrogen) atoms. The predicted octanol–water partition coefficient (Wildman–Crippen LogP) is 0.475. The van der Waals surface area contributed by atoms with Crippen LogP contribution in [0.4, 0.5) is 0 Å². The van der Waals surface area contributed by atoms with Gasteiger partial charge in [-0.15, -0.1) is 0 Å². The van der Waals surface area contributed by atoms with Gasteiger partial charge in [0.05, 0.1) is 6.54 Å². The van der Waals surface area contributed by atoms with Gasteiger partial charge in [0, 0.05) is 11.8 Å². The lowest BCUT2D eigenvalue weighted by atomic mass is 10.1. The third-order valence-corrected chi connectivity index (χ3v) is 3.39. The van der Waals surface area contributed by atoms with Crippen molar-refractivity contribution in [2.24, 2.45) is 0 Å². The van der Waals surface area contributed by atoms with E-state index < -0.39 is 0 Å². The molecule has 1 N–H and O–H groups in total. The molecule has 0 aromatic carbocycles. The molecule has 4 nitrogen and oxygen atoms in total. The average molecular weight is 230 g/mol. The molecule has 1 rings (SSSR count). The van der Waals surface area contributed by atoms with Crippen molar-refractivity contribution < 1.29 is 9.59 Å². The summed E-state index contributed by atoms with van der Waals surface area (Å²) in [5.74, 6) is 0.878. The van der Waals surface area contributed by atoms with Crippen molar-refractivity contribution in [3.8, 4) is 0 Å². The second-order valence-corrected chi connectivity index (χ2v) is 4.71. The van der Waals surface area contributed by atoms with Gasteiger partial charge in [0.2, 0.25) is 11.8 Å². The number of hydrogen-bond donors (Lipinski definition) is 1. The Kier molecular flexibility index (Phi) is 4.45. The summed E-state index contributed by atoms with van der Waals surface area (Å²) in [5, 5.41) is 2.71. The summed E-state index contributed by atoms with van der Waals surface area (Å²) in [6.07, 6.45) is 2.66. The van der Waals surface area contributed by atoms with Crippen LogP contribution in [-0.4, -0.2) is 47.4 Å². The van der Waals surface area contributed by atoms with E-state index in [1.807, 2.05) is 20.1 Å². The van der Waals surface area contributed by atoms with Gasteiger partial charge in [-0.1, -0.05) is 6.92 Å². The van der Waals surface area contributed by atoms with Gasteiger partial charge in [-0.05, 0) is 19.6 Å². The van der Waals surface area contributed by atoms with E-state index in [4.69, 9.17) is 0 Å². The van der Waals surface area contributed by atoms with E-state index in [0.29, 0.717) is 6.42 Å². The van der Waals surface area contributed by atoms with Gasteiger partial charge >= 0.3 is 0 Å². The van der Waals surface area contributed by atoms with Gasteiger partial charge in [0.25, 0.3) is 0 Å². The number of hydrogen-bond acceptors (Lipinski definition) is 3. The van der Waals surface area contributed by atoms with Crippen molar-refractivity contribution in [1.29, 1.82) is 0 Å². The second kappa shape index (κ2) is 5.39. The number of nitrogens with zero attached hydrogens (tertiary/aromatic N) is 1. The van der Waals surface area contributed by atoms with E-state index in [0.717, 1.165) is 5.75 Å². The van der Waals surface area contributed by atoms with Crippen LogP contribution < -0.4 is 5.32 Å². The minimum absolute atomic E-state index is 0.0468. The van der Waals surface area contributed by atoms with Crippen molar-refractivity contribution in [3.05, 3.63) is 0 Å². The highest BCUT2D eigenvalue weighted by molar-refractivity contribution is 7.98. The fourth-order valence-corrected chi connectivity index (χ4v) is 2.38. The van der Waals surface area contributed by atoms with E-state index in [2.05, 4.69) is 5.32 Å². The quantitative estimate of drug-likeness (QED) is 0.764. The minimum atomic E-state index is -0.324. The highest BCUT2D eigenvalue weighted by Gasteiger charge is 2.33. The van der Waals surface area contributed by atoms with Gasteiger partial charge in [0.1, 0.15) is 6.04 Å². The van der Waals surface area contributed by atoms with E-state index >= 15 is 0 Å². The Morgan fingerprint density at radius 2 is 2.27 bits per heavy atom. The summed E-state index contributed by atoms with van der Waals surface area (Å²) < 4.78 is 0. The Morgan fingerprint density at radius 3 is 2.80 bits per heavy atom. The van der Waals surface area contributed by atoms with Gasteiger partial charge in [-0.25, -0.2) is 0 Å². The van der Waals surface area contributed by atoms with Crippen LogP contribution in [0.25, 0.3) is 0 Å². The Hall–Kier alpha value is -0.710. The lowest BCUT2D eigenvalue weighted by Crippen LogP contribution is -2.60. The molecule has 86 valence electrons. The molecule has 0 aliphatic carbocycles. The fourth-order valence-electron chi connectivity index (χ4n) is 1.72. The van der Waals surface area contributed by atoms with Gasteiger partial charge in [-0.3, -0.25) is 9.59 Å². The van der Waals surface area contributed by atoms with Crippen molar-refractivity contribution in [3.63, 3.8) is 0 Å². The third kappa shape index (κ3) is 2.87. The predicted molar refractivity (Wildman–Crippen MR) is 61.8 cm³/mol. The Morgan fingerprint density at radius 1 is 1.60 bits per heavy atom. The molecule has 2 amide bonds. The summed E-state index contributed by atoms with van der Waals surface area (Å²) in [7, 11) is 0. The Balaban J connectivity index is 2.69. The average Bonchev–Trinajstić information content (AvgIpc) is 2.21. The van der Waals surface area contributed by atoms with Gasteiger partial charge < -0.3 is 10.2 Å². The number of thioether (sulfide) groups is 1. The first-order chi connectivity index (χ1) is 7.10. The van der Waals surface area contributed by atoms with E-state index in [-0.39, 0.29) is 30.4 Å². The van der Waals surface area contributed by atoms with Crippen molar-refractivity contribution >= 4 is 23.6 Å². The zero-order valence-electron chi connectivity index (χ0n) is 9.45. The van der Waals surface area contributed by atoms with Gasteiger partial charge in [0.15, 0.2) is 0 Å². The van der Waals surface area contributed by atoms with Crippen molar-refractivity contribution in [1.82, 2.24) is 10.2 Å². The molecule has 1 aliphatic rings. The Labute approximate surface area is 94.8 Å². The third-order valence-electron chi connectivity index (χ3n) is 2.58. The smallest absolute Gasteiger partial charge is 0.245 e. The normalized spacial score (nSPS) is 23.9. The molecule has 0 spiro atoms. The van der Waals surface area contributed by atoms with Crippen LogP contribution in [0.2, 0.25) is 0 Å². The number of nitrogens with one attached hydrogen (secondary N) is 1. The largest absolute Gasteiger partial charge is 0.343 e. The number of carbonyl (C=O) groups is 2. The standard InChI is InChI=1S/C10H18N2O2S/c1-4-8-10(14)12(5-9(13)11-8)7(2)6-15-3/h7-8H,4-6H2,1-3H3,(H,11,13). The lowest BCUT2D eigenvalue weighted by Gasteiger charge is -2.36. The first-order valence-electron chi connectivity index (χ1n) is 5.19. The highest BCUT2D eigenvalue weighted by atomic mass is 32.2. The molecule has 1 fully saturated rings. The number of amides is 2. The van der Waals surface area contributed by atoms with Crippen LogP contribution in [0.5, 0.6) is 0 Å². The van der Waals surface area contributed by atoms with Gasteiger partial charge in [-0.2, -0.15) is 11.8 Å². The number of rotatable bonds is 4. The fraction of sp³-hybridized carbons (Fsp3) is 0.800. The maximum atomic E-state index is 11.9. The van der Waals surface area contributed by atoms with E-state index in [1.54, 1.807) is 16.7 Å². The molecule has 5 heteroatoms. The van der Waals surface area contributed by atoms with Crippen molar-refractivity contribution in [2.45, 2.75) is 32.4 Å². The monoisotopic (exact) mass is 230 g/mol. The van der Waals surface area contributed by atoms with Crippen molar-refractivity contribution in [2.75, 3.05) is 18.6 Å². The SMILES string of the molecule is CCC1NC(=O)CN(C(C)CSC)C1=O. The Bertz CT molecular complexity index is 258. The number of carbonyl (C=O) groups excluding carboxylic acids is 2. The molecule has 0 aromatic heterocycles. The second-order valence-electron chi connectivity index (χ2n) is 3.80. The maximum absolute atomic E-state index is 11.9. The highest BCUT2D eigenvalue weighted by Crippen LogP contribution is 2.12. The van der Waals surface area contributed by atoms with Crippen LogP contribution in [0.1, 0.15) is 20.3 Å².